The topological polar surface area (TPSA) is 111 Å². The van der Waals surface area contributed by atoms with Crippen LogP contribution in [0, 0.1) is 0 Å². The number of nitrogens with one attached hydrogen (secondary N) is 2. The molecule has 4 N–H and O–H groups in total. The Labute approximate surface area is 119 Å². The fourth-order valence-corrected chi connectivity index (χ4v) is 1.37. The first-order valence-corrected chi connectivity index (χ1v) is 6.71. The zero-order valence-corrected chi connectivity index (χ0v) is 12.6. The largest absolute Gasteiger partial charge is 0.444 e. The molecule has 0 aromatic heterocycles. The number of unbranched alkanes of at least 4 members (excludes halogenated alkanes) is 1. The Morgan fingerprint density at radius 3 is 2.30 bits per heavy atom. The highest BCUT2D eigenvalue weighted by atomic mass is 16.6. The molecule has 7 heteroatoms. The summed E-state index contributed by atoms with van der Waals surface area (Å²) in [4.78, 5) is 34.4. The lowest BCUT2D eigenvalue weighted by atomic mass is 10.1. The Hall–Kier alpha value is -1.79. The maximum absolute atomic E-state index is 11.9. The molecule has 116 valence electrons. The first-order chi connectivity index (χ1) is 9.15. The molecule has 0 bridgehead atoms. The van der Waals surface area contributed by atoms with Crippen LogP contribution in [0.4, 0.5) is 4.79 Å². The summed E-state index contributed by atoms with van der Waals surface area (Å²) in [6.07, 6.45) is 0.730. The maximum atomic E-state index is 11.9. The molecule has 0 aliphatic heterocycles. The third-order valence-corrected chi connectivity index (χ3v) is 2.24. The van der Waals surface area contributed by atoms with E-state index in [-0.39, 0.29) is 6.42 Å². The number of hydrogen-bond donors (Lipinski definition) is 3. The predicted molar refractivity (Wildman–Crippen MR) is 74.9 cm³/mol. The normalized spacial score (nSPS) is 12.4. The van der Waals surface area contributed by atoms with Crippen LogP contribution in [0.25, 0.3) is 0 Å². The van der Waals surface area contributed by atoms with Crippen LogP contribution < -0.4 is 16.4 Å². The molecular formula is C13H25N3O4. The maximum Gasteiger partial charge on any atom is 0.408 e. The molecule has 0 saturated heterocycles. The summed E-state index contributed by atoms with van der Waals surface area (Å²) in [5, 5.41) is 5.00. The van der Waals surface area contributed by atoms with Crippen molar-refractivity contribution in [3.05, 3.63) is 0 Å². The molecule has 0 aliphatic carbocycles. The second-order valence-corrected chi connectivity index (χ2v) is 5.51. The van der Waals surface area contributed by atoms with Gasteiger partial charge in [-0.3, -0.25) is 9.59 Å². The second-order valence-electron chi connectivity index (χ2n) is 5.51. The quantitative estimate of drug-likeness (QED) is 0.598. The number of nitrogens with two attached hydrogens (primary N) is 1. The molecule has 0 aromatic carbocycles. The zero-order chi connectivity index (χ0) is 15.8. The molecule has 0 fully saturated rings. The van der Waals surface area contributed by atoms with Crippen LogP contribution in [0.1, 0.15) is 47.0 Å². The number of amides is 3. The van der Waals surface area contributed by atoms with Crippen LogP contribution >= 0.6 is 0 Å². The number of hydrogen-bond acceptors (Lipinski definition) is 4. The third-order valence-electron chi connectivity index (χ3n) is 2.24. The van der Waals surface area contributed by atoms with Crippen LogP contribution in [-0.4, -0.2) is 36.1 Å². The number of rotatable bonds is 7. The molecule has 0 radical (unpaired) electrons. The summed E-state index contributed by atoms with van der Waals surface area (Å²) in [5.74, 6) is -1.11. The van der Waals surface area contributed by atoms with Gasteiger partial charge in [-0.15, -0.1) is 0 Å². The first kappa shape index (κ1) is 18.2. The van der Waals surface area contributed by atoms with Gasteiger partial charge in [0, 0.05) is 6.54 Å². The van der Waals surface area contributed by atoms with E-state index in [2.05, 4.69) is 10.6 Å². The van der Waals surface area contributed by atoms with Crippen LogP contribution in [-0.2, 0) is 14.3 Å². The smallest absolute Gasteiger partial charge is 0.408 e. The van der Waals surface area contributed by atoms with E-state index in [1.165, 1.54) is 0 Å². The standard InChI is InChI=1S/C13H25N3O4/c1-5-6-7-15-11(18)9(8-10(14)17)16-12(19)20-13(2,3)4/h9H,5-8H2,1-4H3,(H2,14,17)(H,15,18)(H,16,19)/t9-/m0/s1. The molecule has 0 aromatic rings. The van der Waals surface area contributed by atoms with Gasteiger partial charge >= 0.3 is 6.09 Å². The Bertz CT molecular complexity index is 350. The summed E-state index contributed by atoms with van der Waals surface area (Å²) in [6, 6.07) is -1.01. The molecule has 0 heterocycles. The van der Waals surface area contributed by atoms with Crippen molar-refractivity contribution in [2.24, 2.45) is 5.73 Å². The number of carbonyl (C=O) groups is 3. The van der Waals surface area contributed by atoms with Crippen molar-refractivity contribution in [1.82, 2.24) is 10.6 Å². The highest BCUT2D eigenvalue weighted by Gasteiger charge is 2.25. The van der Waals surface area contributed by atoms with E-state index >= 15 is 0 Å². The first-order valence-electron chi connectivity index (χ1n) is 6.71. The Morgan fingerprint density at radius 2 is 1.85 bits per heavy atom. The van der Waals surface area contributed by atoms with E-state index in [0.717, 1.165) is 12.8 Å². The van der Waals surface area contributed by atoms with Gasteiger partial charge in [-0.05, 0) is 27.2 Å². The average molecular weight is 287 g/mol. The lowest BCUT2D eigenvalue weighted by Gasteiger charge is -2.22. The minimum atomic E-state index is -1.01. The van der Waals surface area contributed by atoms with Crippen molar-refractivity contribution in [3.63, 3.8) is 0 Å². The Morgan fingerprint density at radius 1 is 1.25 bits per heavy atom. The highest BCUT2D eigenvalue weighted by Crippen LogP contribution is 2.07. The van der Waals surface area contributed by atoms with Crippen molar-refractivity contribution < 1.29 is 19.1 Å². The van der Waals surface area contributed by atoms with Crippen molar-refractivity contribution in [3.8, 4) is 0 Å². The molecule has 3 amide bonds. The summed E-state index contributed by atoms with van der Waals surface area (Å²) < 4.78 is 5.04. The van der Waals surface area contributed by atoms with Gasteiger partial charge in [0.05, 0.1) is 6.42 Å². The van der Waals surface area contributed by atoms with Crippen LogP contribution in [0.15, 0.2) is 0 Å². The third kappa shape index (κ3) is 9.18. The minimum absolute atomic E-state index is 0.267. The van der Waals surface area contributed by atoms with Crippen molar-refractivity contribution in [1.29, 1.82) is 0 Å². The van der Waals surface area contributed by atoms with Gasteiger partial charge in [0.25, 0.3) is 0 Å². The van der Waals surface area contributed by atoms with Gasteiger partial charge in [-0.25, -0.2) is 4.79 Å². The molecule has 0 rings (SSSR count). The monoisotopic (exact) mass is 287 g/mol. The van der Waals surface area contributed by atoms with E-state index < -0.39 is 29.6 Å². The summed E-state index contributed by atoms with van der Waals surface area (Å²) >= 11 is 0. The van der Waals surface area contributed by atoms with Crippen molar-refractivity contribution in [2.75, 3.05) is 6.54 Å². The number of primary amides is 1. The lowest BCUT2D eigenvalue weighted by Crippen LogP contribution is -2.50. The van der Waals surface area contributed by atoms with Crippen molar-refractivity contribution >= 4 is 17.9 Å². The lowest BCUT2D eigenvalue weighted by molar-refractivity contribution is -0.127. The van der Waals surface area contributed by atoms with Gasteiger partial charge in [-0.2, -0.15) is 0 Å². The van der Waals surface area contributed by atoms with Gasteiger partial charge in [0.15, 0.2) is 0 Å². The highest BCUT2D eigenvalue weighted by molar-refractivity contribution is 5.90. The van der Waals surface area contributed by atoms with Crippen LogP contribution in [0.3, 0.4) is 0 Å². The van der Waals surface area contributed by atoms with Gasteiger partial charge in [0.1, 0.15) is 11.6 Å². The van der Waals surface area contributed by atoms with Gasteiger partial charge in [-0.1, -0.05) is 13.3 Å². The summed E-state index contributed by atoms with van der Waals surface area (Å²) in [6.45, 7) is 7.59. The molecule has 7 nitrogen and oxygen atoms in total. The Balaban J connectivity index is 4.51. The van der Waals surface area contributed by atoms with Crippen LogP contribution in [0.5, 0.6) is 0 Å². The Kier molecular flexibility index (Phi) is 7.64. The fraction of sp³-hybridized carbons (Fsp3) is 0.769. The van der Waals surface area contributed by atoms with Crippen molar-refractivity contribution in [2.45, 2.75) is 58.6 Å². The summed E-state index contributed by atoms with van der Waals surface area (Å²) in [5.41, 5.74) is 4.40. The van der Waals surface area contributed by atoms with E-state index in [1.807, 2.05) is 6.92 Å². The average Bonchev–Trinajstić information content (AvgIpc) is 2.25. The number of carbonyl (C=O) groups excluding carboxylic acids is 3. The van der Waals surface area contributed by atoms with Crippen LogP contribution in [0.2, 0.25) is 0 Å². The van der Waals surface area contributed by atoms with Gasteiger partial charge < -0.3 is 21.1 Å². The second kappa shape index (κ2) is 8.39. The van der Waals surface area contributed by atoms with E-state index in [4.69, 9.17) is 10.5 Å². The molecule has 0 unspecified atom stereocenters. The minimum Gasteiger partial charge on any atom is -0.444 e. The zero-order valence-electron chi connectivity index (χ0n) is 12.6. The number of alkyl carbamates (subject to hydrolysis) is 1. The fourth-order valence-electron chi connectivity index (χ4n) is 1.37. The van der Waals surface area contributed by atoms with E-state index in [1.54, 1.807) is 20.8 Å². The molecule has 20 heavy (non-hydrogen) atoms. The molecule has 0 spiro atoms. The number of ether oxygens (including phenoxy) is 1. The van der Waals surface area contributed by atoms with E-state index in [0.29, 0.717) is 6.54 Å². The SMILES string of the molecule is CCCCNC(=O)[C@H](CC(N)=O)NC(=O)OC(C)(C)C. The molecule has 1 atom stereocenters. The predicted octanol–water partition coefficient (Wildman–Crippen LogP) is 0.671. The molecule has 0 aliphatic rings. The molecule has 0 saturated carbocycles. The van der Waals surface area contributed by atoms with Gasteiger partial charge in [0.2, 0.25) is 11.8 Å². The van der Waals surface area contributed by atoms with E-state index in [9.17, 15) is 14.4 Å². The molecular weight excluding hydrogens is 262 g/mol. The summed E-state index contributed by atoms with van der Waals surface area (Å²) in [7, 11) is 0.